The van der Waals surface area contributed by atoms with Crippen LogP contribution >= 0.6 is 0 Å². The molecule has 1 fully saturated rings. The van der Waals surface area contributed by atoms with Crippen molar-refractivity contribution in [3.63, 3.8) is 0 Å². The molecule has 1 saturated heterocycles. The van der Waals surface area contributed by atoms with Crippen molar-refractivity contribution < 1.29 is 10.0 Å². The van der Waals surface area contributed by atoms with Crippen LogP contribution in [0.1, 0.15) is 31.7 Å². The molecule has 0 radical (unpaired) electrons. The van der Waals surface area contributed by atoms with E-state index < -0.39 is 4.92 Å². The Bertz CT molecular complexity index is 739. The van der Waals surface area contributed by atoms with Gasteiger partial charge in [0.15, 0.2) is 0 Å². The van der Waals surface area contributed by atoms with Crippen LogP contribution in [-0.4, -0.2) is 43.4 Å². The first-order valence-electron chi connectivity index (χ1n) is 8.63. The molecule has 2 aromatic rings. The molecule has 7 nitrogen and oxygen atoms in total. The van der Waals surface area contributed by atoms with Gasteiger partial charge in [0.1, 0.15) is 0 Å². The fourth-order valence-corrected chi connectivity index (χ4v) is 3.62. The Labute approximate surface area is 147 Å². The molecule has 3 rings (SSSR count). The normalized spacial score (nSPS) is 19.2. The number of aliphatic hydroxyl groups excluding tert-OH is 1. The number of likely N-dealkylation sites (tertiary alicyclic amines) is 1. The van der Waals surface area contributed by atoms with E-state index in [1.807, 2.05) is 20.2 Å². The predicted molar refractivity (Wildman–Crippen MR) is 95.0 cm³/mol. The molecule has 134 valence electrons. The highest BCUT2D eigenvalue weighted by molar-refractivity contribution is 5.64. The van der Waals surface area contributed by atoms with E-state index in [0.717, 1.165) is 49.2 Å². The average Bonchev–Trinajstić information content (AvgIpc) is 3.14. The molecule has 0 bridgehead atoms. The standard InChI is InChI=1S/C18H24N4O3/c1-13(23)10-17-4-3-9-21(17)12-15-11-20(2)19-18(15)14-5-7-16(8-6-14)22(24)25/h5-8,11,13,17,23H,3-4,9-10,12H2,1-2H3/t13-,17+/m1/s1. The fourth-order valence-electron chi connectivity index (χ4n) is 3.62. The van der Waals surface area contributed by atoms with Gasteiger partial charge in [-0.3, -0.25) is 19.7 Å². The fraction of sp³-hybridized carbons (Fsp3) is 0.500. The highest BCUT2D eigenvalue weighted by atomic mass is 16.6. The number of aryl methyl sites for hydroxylation is 1. The summed E-state index contributed by atoms with van der Waals surface area (Å²) in [5.41, 5.74) is 2.93. The smallest absolute Gasteiger partial charge is 0.269 e. The minimum atomic E-state index is -0.395. The van der Waals surface area contributed by atoms with E-state index >= 15 is 0 Å². The van der Waals surface area contributed by atoms with Crippen LogP contribution < -0.4 is 0 Å². The average molecular weight is 344 g/mol. The topological polar surface area (TPSA) is 84.4 Å². The van der Waals surface area contributed by atoms with Crippen molar-refractivity contribution in [2.45, 2.75) is 44.9 Å². The summed E-state index contributed by atoms with van der Waals surface area (Å²) in [7, 11) is 1.88. The Morgan fingerprint density at radius 3 is 2.76 bits per heavy atom. The molecule has 0 amide bonds. The molecule has 7 heteroatoms. The number of hydrogen-bond donors (Lipinski definition) is 1. The lowest BCUT2D eigenvalue weighted by molar-refractivity contribution is -0.384. The Hall–Kier alpha value is -2.25. The zero-order chi connectivity index (χ0) is 18.0. The van der Waals surface area contributed by atoms with Gasteiger partial charge in [-0.2, -0.15) is 5.10 Å². The lowest BCUT2D eigenvalue weighted by atomic mass is 10.1. The molecule has 0 aliphatic carbocycles. The summed E-state index contributed by atoms with van der Waals surface area (Å²) in [6.45, 7) is 3.63. The SMILES string of the molecule is C[C@@H](O)C[C@@H]1CCCN1Cc1cn(C)nc1-c1ccc([N+](=O)[O-])cc1. The summed E-state index contributed by atoms with van der Waals surface area (Å²) in [6, 6.07) is 6.92. The summed E-state index contributed by atoms with van der Waals surface area (Å²) in [4.78, 5) is 12.8. The molecule has 1 aliphatic heterocycles. The first kappa shape index (κ1) is 17.6. The van der Waals surface area contributed by atoms with E-state index in [9.17, 15) is 15.2 Å². The van der Waals surface area contributed by atoms with Crippen LogP contribution in [0.3, 0.4) is 0 Å². The van der Waals surface area contributed by atoms with Gasteiger partial charge in [0.05, 0.1) is 16.7 Å². The van der Waals surface area contributed by atoms with Crippen LogP contribution in [-0.2, 0) is 13.6 Å². The maximum atomic E-state index is 10.8. The molecule has 1 aromatic heterocycles. The first-order chi connectivity index (χ1) is 11.9. The second-order valence-corrected chi connectivity index (χ2v) is 6.83. The molecule has 25 heavy (non-hydrogen) atoms. The summed E-state index contributed by atoms with van der Waals surface area (Å²) < 4.78 is 1.78. The first-order valence-corrected chi connectivity index (χ1v) is 8.63. The van der Waals surface area contributed by atoms with Crippen molar-refractivity contribution >= 4 is 5.69 Å². The number of nitrogens with zero attached hydrogens (tertiary/aromatic N) is 4. The Kier molecular flexibility index (Phi) is 5.15. The number of hydrogen-bond acceptors (Lipinski definition) is 5. The third-order valence-electron chi connectivity index (χ3n) is 4.74. The number of non-ortho nitro benzene ring substituents is 1. The highest BCUT2D eigenvalue weighted by Gasteiger charge is 2.27. The highest BCUT2D eigenvalue weighted by Crippen LogP contribution is 2.29. The van der Waals surface area contributed by atoms with Gasteiger partial charge in [-0.15, -0.1) is 0 Å². The van der Waals surface area contributed by atoms with Crippen LogP contribution in [0.4, 0.5) is 5.69 Å². The van der Waals surface area contributed by atoms with E-state index in [1.165, 1.54) is 12.1 Å². The molecule has 0 saturated carbocycles. The predicted octanol–water partition coefficient (Wildman–Crippen LogP) is 2.73. The van der Waals surface area contributed by atoms with E-state index in [1.54, 1.807) is 16.8 Å². The van der Waals surface area contributed by atoms with Gasteiger partial charge in [-0.25, -0.2) is 0 Å². The van der Waals surface area contributed by atoms with Crippen LogP contribution in [0.15, 0.2) is 30.5 Å². The molecule has 2 atom stereocenters. The zero-order valence-corrected chi connectivity index (χ0v) is 14.6. The molecule has 0 spiro atoms. The van der Waals surface area contributed by atoms with Crippen molar-refractivity contribution in [3.8, 4) is 11.3 Å². The molecular formula is C18H24N4O3. The minimum Gasteiger partial charge on any atom is -0.393 e. The van der Waals surface area contributed by atoms with Gasteiger partial charge in [-0.05, 0) is 44.9 Å². The van der Waals surface area contributed by atoms with Crippen LogP contribution in [0.5, 0.6) is 0 Å². The van der Waals surface area contributed by atoms with Crippen LogP contribution in [0.25, 0.3) is 11.3 Å². The lowest BCUT2D eigenvalue weighted by Crippen LogP contribution is -2.31. The summed E-state index contributed by atoms with van der Waals surface area (Å²) in [5, 5.41) is 25.1. The van der Waals surface area contributed by atoms with Gasteiger partial charge in [0.2, 0.25) is 0 Å². The third kappa shape index (κ3) is 4.05. The molecule has 1 N–H and O–H groups in total. The van der Waals surface area contributed by atoms with Crippen molar-refractivity contribution in [2.75, 3.05) is 6.54 Å². The summed E-state index contributed by atoms with van der Waals surface area (Å²) in [5.74, 6) is 0. The Morgan fingerprint density at radius 2 is 2.12 bits per heavy atom. The summed E-state index contributed by atoms with van der Waals surface area (Å²) in [6.07, 6.45) is 4.75. The lowest BCUT2D eigenvalue weighted by Gasteiger charge is -2.25. The van der Waals surface area contributed by atoms with Gasteiger partial charge >= 0.3 is 0 Å². The van der Waals surface area contributed by atoms with Gasteiger partial charge < -0.3 is 5.11 Å². The third-order valence-corrected chi connectivity index (χ3v) is 4.74. The second-order valence-electron chi connectivity index (χ2n) is 6.83. The zero-order valence-electron chi connectivity index (χ0n) is 14.6. The molecule has 1 aromatic carbocycles. The Balaban J connectivity index is 1.82. The number of benzene rings is 1. The van der Waals surface area contributed by atoms with Gasteiger partial charge in [0.25, 0.3) is 5.69 Å². The molecular weight excluding hydrogens is 320 g/mol. The van der Waals surface area contributed by atoms with E-state index in [2.05, 4.69) is 10.00 Å². The number of nitro benzene ring substituents is 1. The number of aliphatic hydroxyl groups is 1. The van der Waals surface area contributed by atoms with Crippen LogP contribution in [0, 0.1) is 10.1 Å². The van der Waals surface area contributed by atoms with Crippen molar-refractivity contribution in [1.29, 1.82) is 0 Å². The Morgan fingerprint density at radius 1 is 1.40 bits per heavy atom. The van der Waals surface area contributed by atoms with E-state index in [4.69, 9.17) is 0 Å². The maximum Gasteiger partial charge on any atom is 0.269 e. The van der Waals surface area contributed by atoms with Crippen LogP contribution in [0.2, 0.25) is 0 Å². The van der Waals surface area contributed by atoms with Crippen molar-refractivity contribution in [3.05, 3.63) is 46.1 Å². The molecule has 0 unspecified atom stereocenters. The monoisotopic (exact) mass is 344 g/mol. The number of nitro groups is 1. The van der Waals surface area contributed by atoms with Crippen molar-refractivity contribution in [2.24, 2.45) is 7.05 Å². The number of aromatic nitrogens is 2. The summed E-state index contributed by atoms with van der Waals surface area (Å²) >= 11 is 0. The molecule has 2 heterocycles. The minimum absolute atomic E-state index is 0.0813. The number of rotatable bonds is 6. The van der Waals surface area contributed by atoms with E-state index in [0.29, 0.717) is 6.04 Å². The van der Waals surface area contributed by atoms with Gasteiger partial charge in [0, 0.05) is 49.1 Å². The second kappa shape index (κ2) is 7.33. The van der Waals surface area contributed by atoms with E-state index in [-0.39, 0.29) is 11.8 Å². The van der Waals surface area contributed by atoms with Gasteiger partial charge in [-0.1, -0.05) is 0 Å². The molecule has 1 aliphatic rings. The van der Waals surface area contributed by atoms with Crippen molar-refractivity contribution in [1.82, 2.24) is 14.7 Å². The quantitative estimate of drug-likeness (QED) is 0.643. The maximum absolute atomic E-state index is 10.8. The largest absolute Gasteiger partial charge is 0.393 e.